The van der Waals surface area contributed by atoms with Crippen LogP contribution in [0.5, 0.6) is 0 Å². The average Bonchev–Trinajstić information content (AvgIpc) is 2.48. The van der Waals surface area contributed by atoms with Gasteiger partial charge in [0, 0.05) is 17.0 Å². The highest BCUT2D eigenvalue weighted by Gasteiger charge is 2.09. The first kappa shape index (κ1) is 8.51. The van der Waals surface area contributed by atoms with Crippen molar-refractivity contribution in [2.75, 3.05) is 5.73 Å². The maximum Gasteiger partial charge on any atom is 0.125 e. The Morgan fingerprint density at radius 1 is 1.46 bits per heavy atom. The topological polar surface area (TPSA) is 38.9 Å². The van der Waals surface area contributed by atoms with Crippen LogP contribution in [-0.4, -0.2) is 4.98 Å². The molecule has 0 amide bonds. The van der Waals surface area contributed by atoms with Crippen molar-refractivity contribution in [2.45, 2.75) is 19.8 Å². The van der Waals surface area contributed by atoms with E-state index < -0.39 is 0 Å². The van der Waals surface area contributed by atoms with Crippen molar-refractivity contribution < 1.29 is 0 Å². The highest BCUT2D eigenvalue weighted by molar-refractivity contribution is 7.17. The molecule has 0 atom stereocenters. The number of rotatable bonds is 1. The Morgan fingerprint density at radius 2 is 2.23 bits per heavy atom. The van der Waals surface area contributed by atoms with E-state index in [2.05, 4.69) is 24.9 Å². The largest absolute Gasteiger partial charge is 0.397 e. The first-order valence-corrected chi connectivity index (χ1v) is 5.19. The van der Waals surface area contributed by atoms with Gasteiger partial charge in [0.15, 0.2) is 0 Å². The molecule has 0 fully saturated rings. The van der Waals surface area contributed by atoms with Crippen molar-refractivity contribution in [1.82, 2.24) is 4.98 Å². The molecule has 0 bridgehead atoms. The van der Waals surface area contributed by atoms with Gasteiger partial charge in [-0.05, 0) is 17.5 Å². The van der Waals surface area contributed by atoms with Crippen molar-refractivity contribution in [3.8, 4) is 0 Å². The van der Waals surface area contributed by atoms with E-state index in [1.165, 1.54) is 5.56 Å². The predicted molar refractivity (Wildman–Crippen MR) is 58.1 cm³/mol. The summed E-state index contributed by atoms with van der Waals surface area (Å²) in [5, 5.41) is 3.10. The van der Waals surface area contributed by atoms with E-state index in [4.69, 9.17) is 5.73 Å². The quantitative estimate of drug-likeness (QED) is 0.754. The molecule has 2 rings (SSSR count). The zero-order chi connectivity index (χ0) is 9.42. The Labute approximate surface area is 81.4 Å². The van der Waals surface area contributed by atoms with Gasteiger partial charge < -0.3 is 5.73 Å². The minimum absolute atomic E-state index is 0.502. The summed E-state index contributed by atoms with van der Waals surface area (Å²) in [5.41, 5.74) is 8.04. The Kier molecular flexibility index (Phi) is 1.96. The van der Waals surface area contributed by atoms with Crippen LogP contribution in [0.1, 0.15) is 25.3 Å². The molecule has 0 saturated heterocycles. The standard InChI is InChI=1S/C10H12N2S/c1-6(2)7-3-4-12-10-9(7)8(11)5-13-10/h3-6H,11H2,1-2H3. The molecule has 2 aromatic rings. The van der Waals surface area contributed by atoms with Crippen molar-refractivity contribution in [3.63, 3.8) is 0 Å². The van der Waals surface area contributed by atoms with Crippen LogP contribution in [0.4, 0.5) is 5.69 Å². The minimum atomic E-state index is 0.502. The molecule has 2 N–H and O–H groups in total. The molecule has 3 heteroatoms. The van der Waals surface area contributed by atoms with Gasteiger partial charge in [-0.2, -0.15) is 0 Å². The summed E-state index contributed by atoms with van der Waals surface area (Å²) < 4.78 is 0. The van der Waals surface area contributed by atoms with Gasteiger partial charge in [-0.1, -0.05) is 13.8 Å². The van der Waals surface area contributed by atoms with Crippen LogP contribution in [-0.2, 0) is 0 Å². The van der Waals surface area contributed by atoms with E-state index in [0.717, 1.165) is 15.9 Å². The Bertz CT molecular complexity index is 431. The van der Waals surface area contributed by atoms with Crippen molar-refractivity contribution in [2.24, 2.45) is 0 Å². The number of anilines is 1. The molecule has 2 heterocycles. The third-order valence-corrected chi connectivity index (χ3v) is 3.06. The lowest BCUT2D eigenvalue weighted by Gasteiger charge is -2.06. The third kappa shape index (κ3) is 1.29. The summed E-state index contributed by atoms with van der Waals surface area (Å²) >= 11 is 1.61. The van der Waals surface area contributed by atoms with Gasteiger partial charge in [-0.15, -0.1) is 11.3 Å². The number of nitrogens with two attached hydrogens (primary N) is 1. The number of aromatic nitrogens is 1. The normalized spacial score (nSPS) is 11.3. The second-order valence-corrected chi connectivity index (χ2v) is 4.28. The molecule has 0 aliphatic rings. The third-order valence-electron chi connectivity index (χ3n) is 2.16. The summed E-state index contributed by atoms with van der Waals surface area (Å²) in [7, 11) is 0. The van der Waals surface area contributed by atoms with Crippen LogP contribution < -0.4 is 5.73 Å². The van der Waals surface area contributed by atoms with Crippen LogP contribution in [0.2, 0.25) is 0 Å². The maximum absolute atomic E-state index is 5.89. The van der Waals surface area contributed by atoms with Crippen LogP contribution in [0.15, 0.2) is 17.6 Å². The van der Waals surface area contributed by atoms with Gasteiger partial charge in [0.2, 0.25) is 0 Å². The second kappa shape index (κ2) is 3.00. The zero-order valence-corrected chi connectivity index (χ0v) is 8.56. The lowest BCUT2D eigenvalue weighted by Crippen LogP contribution is -1.91. The fraction of sp³-hybridized carbons (Fsp3) is 0.300. The van der Waals surface area contributed by atoms with Gasteiger partial charge >= 0.3 is 0 Å². The van der Waals surface area contributed by atoms with Crippen LogP contribution in [0.3, 0.4) is 0 Å². The summed E-state index contributed by atoms with van der Waals surface area (Å²) in [4.78, 5) is 5.33. The summed E-state index contributed by atoms with van der Waals surface area (Å²) in [6.07, 6.45) is 1.85. The Balaban J connectivity index is 2.80. The molecule has 0 saturated carbocycles. The van der Waals surface area contributed by atoms with Crippen molar-refractivity contribution in [1.29, 1.82) is 0 Å². The smallest absolute Gasteiger partial charge is 0.125 e. The Hall–Kier alpha value is -1.09. The first-order valence-electron chi connectivity index (χ1n) is 4.31. The zero-order valence-electron chi connectivity index (χ0n) is 7.74. The Morgan fingerprint density at radius 3 is 2.92 bits per heavy atom. The molecule has 0 radical (unpaired) electrons. The molecule has 13 heavy (non-hydrogen) atoms. The molecule has 2 nitrogen and oxygen atoms in total. The number of hydrogen-bond acceptors (Lipinski definition) is 3. The molecular weight excluding hydrogens is 180 g/mol. The minimum Gasteiger partial charge on any atom is -0.397 e. The van der Waals surface area contributed by atoms with E-state index in [0.29, 0.717) is 5.92 Å². The highest BCUT2D eigenvalue weighted by atomic mass is 32.1. The number of nitrogens with zero attached hydrogens (tertiary/aromatic N) is 1. The van der Waals surface area contributed by atoms with Crippen LogP contribution in [0.25, 0.3) is 10.2 Å². The summed E-state index contributed by atoms with van der Waals surface area (Å²) in [5.74, 6) is 0.502. The molecular formula is C10H12N2S. The van der Waals surface area contributed by atoms with Crippen molar-refractivity contribution >= 4 is 27.2 Å². The summed E-state index contributed by atoms with van der Waals surface area (Å²) in [6, 6.07) is 2.05. The van der Waals surface area contributed by atoms with E-state index in [-0.39, 0.29) is 0 Å². The van der Waals surface area contributed by atoms with E-state index in [1.54, 1.807) is 11.3 Å². The number of fused-ring (bicyclic) bond motifs is 1. The van der Waals surface area contributed by atoms with E-state index in [1.807, 2.05) is 11.6 Å². The highest BCUT2D eigenvalue weighted by Crippen LogP contribution is 2.32. The molecule has 0 unspecified atom stereocenters. The van der Waals surface area contributed by atoms with Gasteiger partial charge in [-0.3, -0.25) is 0 Å². The van der Waals surface area contributed by atoms with E-state index >= 15 is 0 Å². The second-order valence-electron chi connectivity index (χ2n) is 3.43. The molecule has 68 valence electrons. The number of pyridine rings is 1. The van der Waals surface area contributed by atoms with Gasteiger partial charge in [0.05, 0.1) is 5.69 Å². The summed E-state index contributed by atoms with van der Waals surface area (Å²) in [6.45, 7) is 4.34. The number of hydrogen-bond donors (Lipinski definition) is 1. The maximum atomic E-state index is 5.89. The molecule has 2 aromatic heterocycles. The molecule has 0 aliphatic heterocycles. The predicted octanol–water partition coefficient (Wildman–Crippen LogP) is 3.00. The van der Waals surface area contributed by atoms with Gasteiger partial charge in [0.25, 0.3) is 0 Å². The molecule has 0 spiro atoms. The number of nitrogen functional groups attached to an aromatic ring is 1. The van der Waals surface area contributed by atoms with Crippen molar-refractivity contribution in [3.05, 3.63) is 23.2 Å². The lowest BCUT2D eigenvalue weighted by molar-refractivity contribution is 0.875. The van der Waals surface area contributed by atoms with Gasteiger partial charge in [0.1, 0.15) is 4.83 Å². The fourth-order valence-corrected chi connectivity index (χ4v) is 2.33. The van der Waals surface area contributed by atoms with Gasteiger partial charge in [-0.25, -0.2) is 4.98 Å². The molecule has 0 aliphatic carbocycles. The average molecular weight is 192 g/mol. The number of thiophene rings is 1. The fourth-order valence-electron chi connectivity index (χ4n) is 1.50. The van der Waals surface area contributed by atoms with Crippen LogP contribution >= 0.6 is 11.3 Å². The monoisotopic (exact) mass is 192 g/mol. The van der Waals surface area contributed by atoms with Crippen LogP contribution in [0, 0.1) is 0 Å². The molecule has 0 aromatic carbocycles. The lowest BCUT2D eigenvalue weighted by atomic mass is 10.0. The SMILES string of the molecule is CC(C)c1ccnc2scc(N)c12. The van der Waals surface area contributed by atoms with E-state index in [9.17, 15) is 0 Å². The first-order chi connectivity index (χ1) is 6.20.